The zero-order valence-electron chi connectivity index (χ0n) is 17.4. The molecule has 166 valence electrons. The van der Waals surface area contributed by atoms with Crippen LogP contribution in [0.15, 0.2) is 53.7 Å². The Morgan fingerprint density at radius 1 is 1.28 bits per heavy atom. The Morgan fingerprint density at radius 3 is 2.84 bits per heavy atom. The van der Waals surface area contributed by atoms with E-state index >= 15 is 0 Å². The van der Waals surface area contributed by atoms with Crippen molar-refractivity contribution in [2.75, 3.05) is 26.3 Å². The second kappa shape index (κ2) is 10.4. The summed E-state index contributed by atoms with van der Waals surface area (Å²) in [5, 5.41) is 2.39. The SMILES string of the molecule is O=C(NCCN1C(=O)SC(=Cc2cccnc2)C1=O)c1ccc(OCC2CCCO2)cc1. The van der Waals surface area contributed by atoms with Crippen LogP contribution in [0.2, 0.25) is 0 Å². The maximum atomic E-state index is 12.5. The number of thioether (sulfide) groups is 1. The van der Waals surface area contributed by atoms with Crippen molar-refractivity contribution in [2.45, 2.75) is 18.9 Å². The molecule has 0 bridgehead atoms. The van der Waals surface area contributed by atoms with Gasteiger partial charge in [-0.05, 0) is 66.6 Å². The van der Waals surface area contributed by atoms with Crippen molar-refractivity contribution in [3.05, 3.63) is 64.8 Å². The Labute approximate surface area is 190 Å². The van der Waals surface area contributed by atoms with Gasteiger partial charge in [-0.2, -0.15) is 0 Å². The van der Waals surface area contributed by atoms with Gasteiger partial charge in [0.15, 0.2) is 0 Å². The number of hydrogen-bond acceptors (Lipinski definition) is 7. The van der Waals surface area contributed by atoms with E-state index in [2.05, 4.69) is 10.3 Å². The van der Waals surface area contributed by atoms with E-state index in [0.717, 1.165) is 41.7 Å². The van der Waals surface area contributed by atoms with E-state index in [1.165, 1.54) is 0 Å². The van der Waals surface area contributed by atoms with Gasteiger partial charge in [-0.15, -0.1) is 0 Å². The highest BCUT2D eigenvalue weighted by Crippen LogP contribution is 2.31. The van der Waals surface area contributed by atoms with E-state index in [9.17, 15) is 14.4 Å². The maximum Gasteiger partial charge on any atom is 0.293 e. The maximum absolute atomic E-state index is 12.5. The van der Waals surface area contributed by atoms with Crippen LogP contribution in [0.25, 0.3) is 6.08 Å². The second-order valence-electron chi connectivity index (χ2n) is 7.35. The Hall–Kier alpha value is -3.17. The molecule has 1 atom stereocenters. The molecule has 8 nitrogen and oxygen atoms in total. The van der Waals surface area contributed by atoms with Crippen molar-refractivity contribution in [1.82, 2.24) is 15.2 Å². The van der Waals surface area contributed by atoms with Crippen LogP contribution in [0.1, 0.15) is 28.8 Å². The Balaban J connectivity index is 1.25. The first-order chi connectivity index (χ1) is 15.6. The fraction of sp³-hybridized carbons (Fsp3) is 0.304. The summed E-state index contributed by atoms with van der Waals surface area (Å²) in [6, 6.07) is 10.4. The quantitative estimate of drug-likeness (QED) is 0.614. The fourth-order valence-electron chi connectivity index (χ4n) is 3.36. The lowest BCUT2D eigenvalue weighted by Gasteiger charge is -2.13. The average Bonchev–Trinajstić information content (AvgIpc) is 3.42. The molecule has 2 aromatic rings. The number of aromatic nitrogens is 1. The first kappa shape index (κ1) is 22.0. The zero-order valence-corrected chi connectivity index (χ0v) is 18.2. The number of benzene rings is 1. The van der Waals surface area contributed by atoms with E-state index in [1.807, 2.05) is 0 Å². The number of imide groups is 1. The summed E-state index contributed by atoms with van der Waals surface area (Å²) in [7, 11) is 0. The average molecular weight is 454 g/mol. The van der Waals surface area contributed by atoms with Crippen LogP contribution < -0.4 is 10.1 Å². The number of hydrogen-bond donors (Lipinski definition) is 1. The third-order valence-corrected chi connectivity index (χ3v) is 5.96. The largest absolute Gasteiger partial charge is 0.491 e. The summed E-state index contributed by atoms with van der Waals surface area (Å²) in [5.41, 5.74) is 1.22. The second-order valence-corrected chi connectivity index (χ2v) is 8.34. The van der Waals surface area contributed by atoms with Crippen LogP contribution in [0.5, 0.6) is 5.75 Å². The summed E-state index contributed by atoms with van der Waals surface area (Å²) < 4.78 is 11.2. The molecule has 9 heteroatoms. The third kappa shape index (κ3) is 5.54. The minimum atomic E-state index is -0.370. The molecule has 0 aliphatic carbocycles. The summed E-state index contributed by atoms with van der Waals surface area (Å²) in [5.74, 6) is 0.0228. The summed E-state index contributed by atoms with van der Waals surface area (Å²) in [4.78, 5) is 42.6. The van der Waals surface area contributed by atoms with Gasteiger partial charge in [0.2, 0.25) is 0 Å². The van der Waals surface area contributed by atoms with Crippen molar-refractivity contribution in [3.8, 4) is 5.75 Å². The first-order valence-electron chi connectivity index (χ1n) is 10.4. The standard InChI is InChI=1S/C23H23N3O5S/c27-21(17-5-7-18(8-6-17)31-15-19-4-2-12-30-19)25-10-11-26-22(28)20(32-23(26)29)13-16-3-1-9-24-14-16/h1,3,5-9,13-14,19H,2,4,10-12,15H2,(H,25,27). The fourth-order valence-corrected chi connectivity index (χ4v) is 4.22. The van der Waals surface area contributed by atoms with Crippen molar-refractivity contribution in [3.63, 3.8) is 0 Å². The molecule has 1 N–H and O–H groups in total. The zero-order chi connectivity index (χ0) is 22.3. The number of carbonyl (C=O) groups is 3. The lowest BCUT2D eigenvalue weighted by molar-refractivity contribution is -0.122. The molecule has 0 spiro atoms. The molecule has 1 unspecified atom stereocenters. The number of nitrogens with zero attached hydrogens (tertiary/aromatic N) is 2. The van der Waals surface area contributed by atoms with Gasteiger partial charge in [0.05, 0.1) is 11.0 Å². The molecule has 32 heavy (non-hydrogen) atoms. The van der Waals surface area contributed by atoms with Gasteiger partial charge in [-0.3, -0.25) is 24.3 Å². The molecule has 4 rings (SSSR count). The smallest absolute Gasteiger partial charge is 0.293 e. The van der Waals surface area contributed by atoms with Gasteiger partial charge in [0, 0.05) is 37.7 Å². The molecule has 2 fully saturated rings. The minimum Gasteiger partial charge on any atom is -0.491 e. The van der Waals surface area contributed by atoms with Gasteiger partial charge in [-0.25, -0.2) is 0 Å². The van der Waals surface area contributed by atoms with Gasteiger partial charge >= 0.3 is 0 Å². The molecule has 1 aromatic heterocycles. The first-order valence-corrected chi connectivity index (χ1v) is 11.2. The third-order valence-electron chi connectivity index (χ3n) is 5.05. The van der Waals surface area contributed by atoms with Gasteiger partial charge < -0.3 is 14.8 Å². The number of pyridine rings is 1. The molecule has 0 radical (unpaired) electrons. The molecular weight excluding hydrogens is 430 g/mol. The lowest BCUT2D eigenvalue weighted by Crippen LogP contribution is -2.37. The molecule has 3 amide bonds. The number of nitrogens with one attached hydrogen (secondary N) is 1. The van der Waals surface area contributed by atoms with Gasteiger partial charge in [0.25, 0.3) is 17.1 Å². The van der Waals surface area contributed by atoms with Crippen LogP contribution in [0.4, 0.5) is 4.79 Å². The van der Waals surface area contributed by atoms with Crippen molar-refractivity contribution >= 4 is 34.9 Å². The van der Waals surface area contributed by atoms with E-state index in [4.69, 9.17) is 9.47 Å². The summed E-state index contributed by atoms with van der Waals surface area (Å²) in [6.45, 7) is 1.54. The number of amides is 3. The normalized spacial score (nSPS) is 19.6. The molecule has 2 aliphatic rings. The predicted octanol–water partition coefficient (Wildman–Crippen LogP) is 3.11. The van der Waals surface area contributed by atoms with Crippen LogP contribution in [0, 0.1) is 0 Å². The topological polar surface area (TPSA) is 97.8 Å². The Bertz CT molecular complexity index is 1000. The van der Waals surface area contributed by atoms with Gasteiger partial charge in [-0.1, -0.05) is 6.07 Å². The summed E-state index contributed by atoms with van der Waals surface area (Å²) >= 11 is 0.882. The number of ether oxygens (including phenoxy) is 2. The van der Waals surface area contributed by atoms with Crippen LogP contribution in [-0.2, 0) is 9.53 Å². The minimum absolute atomic E-state index is 0.101. The highest BCUT2D eigenvalue weighted by Gasteiger charge is 2.34. The van der Waals surface area contributed by atoms with Crippen LogP contribution in [0.3, 0.4) is 0 Å². The van der Waals surface area contributed by atoms with Crippen molar-refractivity contribution in [2.24, 2.45) is 0 Å². The van der Waals surface area contributed by atoms with Crippen molar-refractivity contribution < 1.29 is 23.9 Å². The molecule has 0 saturated carbocycles. The molecule has 3 heterocycles. The number of carbonyl (C=O) groups excluding carboxylic acids is 3. The molecular formula is C23H23N3O5S. The van der Waals surface area contributed by atoms with Gasteiger partial charge in [0.1, 0.15) is 12.4 Å². The predicted molar refractivity (Wildman–Crippen MR) is 120 cm³/mol. The highest BCUT2D eigenvalue weighted by atomic mass is 32.2. The van der Waals surface area contributed by atoms with E-state index in [1.54, 1.807) is 54.9 Å². The van der Waals surface area contributed by atoms with Crippen LogP contribution in [-0.4, -0.2) is 59.3 Å². The van der Waals surface area contributed by atoms with E-state index in [-0.39, 0.29) is 36.2 Å². The molecule has 2 saturated heterocycles. The van der Waals surface area contributed by atoms with E-state index in [0.29, 0.717) is 22.8 Å². The van der Waals surface area contributed by atoms with Crippen molar-refractivity contribution in [1.29, 1.82) is 0 Å². The van der Waals surface area contributed by atoms with Crippen LogP contribution >= 0.6 is 11.8 Å². The molecule has 2 aliphatic heterocycles. The number of rotatable bonds is 8. The van der Waals surface area contributed by atoms with E-state index < -0.39 is 0 Å². The Morgan fingerprint density at radius 2 is 2.12 bits per heavy atom. The summed E-state index contributed by atoms with van der Waals surface area (Å²) in [6.07, 6.45) is 7.08. The highest BCUT2D eigenvalue weighted by molar-refractivity contribution is 8.18. The lowest BCUT2D eigenvalue weighted by atomic mass is 10.2. The molecule has 1 aromatic carbocycles. The Kier molecular flexibility index (Phi) is 7.18. The monoisotopic (exact) mass is 453 g/mol.